The number of carbonyl (C=O) groups excluding carboxylic acids is 1. The first-order valence-electron chi connectivity index (χ1n) is 11.1. The van der Waals surface area contributed by atoms with Crippen LogP contribution >= 0.6 is 0 Å². The lowest BCUT2D eigenvalue weighted by molar-refractivity contribution is 0.0950. The minimum Gasteiger partial charge on any atom is -0.480 e. The number of fused-ring (bicyclic) bond motifs is 9. The molecular weight excluding hydrogens is 494 g/mol. The maximum atomic E-state index is 13.3. The Morgan fingerprint density at radius 3 is 2.70 bits per heavy atom. The molecule has 0 atom stereocenters. The van der Waals surface area contributed by atoms with Gasteiger partial charge >= 0.3 is 0 Å². The fourth-order valence-corrected chi connectivity index (χ4v) is 5.26. The van der Waals surface area contributed by atoms with Gasteiger partial charge in [0, 0.05) is 52.9 Å². The summed E-state index contributed by atoms with van der Waals surface area (Å²) in [4.78, 5) is 33.5. The van der Waals surface area contributed by atoms with Crippen molar-refractivity contribution in [2.45, 2.75) is 11.4 Å². The van der Waals surface area contributed by atoms with Crippen LogP contribution in [0.2, 0.25) is 0 Å². The molecule has 0 fully saturated rings. The number of nitrogens with zero attached hydrogens (tertiary/aromatic N) is 4. The molecule has 11 nitrogen and oxygen atoms in total. The molecule has 4 aromatic heterocycles. The fourth-order valence-electron chi connectivity index (χ4n) is 4.17. The van der Waals surface area contributed by atoms with Gasteiger partial charge in [-0.3, -0.25) is 14.5 Å². The normalized spacial score (nSPS) is 14.4. The smallest absolute Gasteiger partial charge is 0.262 e. The van der Waals surface area contributed by atoms with Crippen LogP contribution in [0.15, 0.2) is 72.3 Å². The molecule has 6 rings (SSSR count). The molecule has 0 radical (unpaired) electrons. The largest absolute Gasteiger partial charge is 0.480 e. The van der Waals surface area contributed by atoms with E-state index in [4.69, 9.17) is 4.74 Å². The minimum absolute atomic E-state index is 0.0806. The summed E-state index contributed by atoms with van der Waals surface area (Å²) in [5.41, 5.74) is 4.35. The number of hydrogen-bond acceptors (Lipinski definition) is 8. The maximum absolute atomic E-state index is 13.3. The maximum Gasteiger partial charge on any atom is 0.262 e. The zero-order valence-corrected chi connectivity index (χ0v) is 20.2. The van der Waals surface area contributed by atoms with Crippen LogP contribution < -0.4 is 14.8 Å². The summed E-state index contributed by atoms with van der Waals surface area (Å²) >= 11 is 0. The summed E-state index contributed by atoms with van der Waals surface area (Å²) in [5, 5.41) is 3.56. The molecule has 0 saturated heterocycles. The van der Waals surface area contributed by atoms with Gasteiger partial charge in [0.05, 0.1) is 17.7 Å². The second kappa shape index (κ2) is 8.68. The number of pyridine rings is 2. The van der Waals surface area contributed by atoms with Crippen molar-refractivity contribution in [1.29, 1.82) is 0 Å². The second-order valence-corrected chi connectivity index (χ2v) is 10.0. The van der Waals surface area contributed by atoms with Crippen LogP contribution in [0.1, 0.15) is 15.9 Å². The van der Waals surface area contributed by atoms with E-state index in [1.54, 1.807) is 30.7 Å². The molecule has 184 valence electrons. The molecule has 1 aliphatic rings. The van der Waals surface area contributed by atoms with E-state index in [1.807, 2.05) is 12.1 Å². The molecule has 0 spiro atoms. The molecule has 1 amide bonds. The van der Waals surface area contributed by atoms with Crippen LogP contribution in [0, 0.1) is 0 Å². The summed E-state index contributed by atoms with van der Waals surface area (Å²) in [6.07, 6.45) is 6.37. The van der Waals surface area contributed by atoms with Crippen molar-refractivity contribution >= 4 is 32.7 Å². The van der Waals surface area contributed by atoms with Gasteiger partial charge in [-0.2, -0.15) is 0 Å². The predicted molar refractivity (Wildman–Crippen MR) is 135 cm³/mol. The van der Waals surface area contributed by atoms with E-state index in [9.17, 15) is 13.2 Å². The molecule has 3 N–H and O–H groups in total. The number of sulfonamides is 1. The number of carbonyl (C=O) groups is 1. The Labute approximate surface area is 211 Å². The van der Waals surface area contributed by atoms with Gasteiger partial charge in [-0.05, 0) is 42.0 Å². The van der Waals surface area contributed by atoms with Gasteiger partial charge in [-0.15, -0.1) is 0 Å². The summed E-state index contributed by atoms with van der Waals surface area (Å²) < 4.78 is 34.4. The molecule has 37 heavy (non-hydrogen) atoms. The van der Waals surface area contributed by atoms with Gasteiger partial charge in [-0.25, -0.2) is 23.4 Å². The zero-order valence-electron chi connectivity index (χ0n) is 19.4. The SMILES string of the molecule is COc1ncc2cc1NS(=O)(=O)c1cccc(c1)C(=O)NCc1cncc(c1)-c1ncnc3[nH]c-2cc13. The molecule has 1 aliphatic heterocycles. The first-order chi connectivity index (χ1) is 17.9. The molecule has 0 aliphatic carbocycles. The van der Waals surface area contributed by atoms with Gasteiger partial charge in [-0.1, -0.05) is 6.07 Å². The van der Waals surface area contributed by atoms with Crippen LogP contribution in [0.4, 0.5) is 5.69 Å². The van der Waals surface area contributed by atoms with Crippen molar-refractivity contribution in [3.63, 3.8) is 0 Å². The quantitative estimate of drug-likeness (QED) is 0.309. The van der Waals surface area contributed by atoms with Gasteiger partial charge < -0.3 is 15.0 Å². The van der Waals surface area contributed by atoms with Crippen LogP contribution in [0.25, 0.3) is 33.5 Å². The van der Waals surface area contributed by atoms with Crippen molar-refractivity contribution in [2.24, 2.45) is 0 Å². The third-order valence-electron chi connectivity index (χ3n) is 5.95. The Hall–Kier alpha value is -4.84. The van der Waals surface area contributed by atoms with Crippen molar-refractivity contribution in [3.8, 4) is 28.4 Å². The van der Waals surface area contributed by atoms with E-state index in [2.05, 4.69) is 35.0 Å². The number of anilines is 1. The number of hydrogen-bond donors (Lipinski definition) is 3. The first kappa shape index (κ1) is 22.6. The number of ether oxygens (including phenoxy) is 1. The highest BCUT2D eigenvalue weighted by atomic mass is 32.2. The lowest BCUT2D eigenvalue weighted by Gasteiger charge is -2.13. The second-order valence-electron chi connectivity index (χ2n) is 8.35. The number of benzene rings is 1. The average molecular weight is 514 g/mol. The highest BCUT2D eigenvalue weighted by Gasteiger charge is 2.21. The molecular formula is C25H19N7O4S. The Morgan fingerprint density at radius 2 is 1.84 bits per heavy atom. The van der Waals surface area contributed by atoms with Crippen LogP contribution in [0.5, 0.6) is 5.88 Å². The van der Waals surface area contributed by atoms with Gasteiger partial charge in [0.25, 0.3) is 15.9 Å². The highest BCUT2D eigenvalue weighted by molar-refractivity contribution is 7.92. The minimum atomic E-state index is -4.08. The van der Waals surface area contributed by atoms with Crippen molar-refractivity contribution < 1.29 is 17.9 Å². The third kappa shape index (κ3) is 4.12. The Kier molecular flexibility index (Phi) is 5.30. The van der Waals surface area contributed by atoms with E-state index in [0.29, 0.717) is 22.6 Å². The molecule has 8 bridgehead atoms. The number of rotatable bonds is 1. The molecule has 1 aromatic carbocycles. The number of nitrogens with one attached hydrogen (secondary N) is 3. The Morgan fingerprint density at radius 1 is 0.946 bits per heavy atom. The summed E-state index contributed by atoms with van der Waals surface area (Å²) in [5.74, 6) is -0.334. The zero-order chi connectivity index (χ0) is 25.6. The monoisotopic (exact) mass is 513 g/mol. The number of aromatic nitrogens is 5. The lowest BCUT2D eigenvalue weighted by atomic mass is 10.1. The van der Waals surface area contributed by atoms with E-state index in [0.717, 1.165) is 16.5 Å². The average Bonchev–Trinajstić information content (AvgIpc) is 3.36. The van der Waals surface area contributed by atoms with E-state index < -0.39 is 15.9 Å². The molecule has 12 heteroatoms. The molecule has 0 unspecified atom stereocenters. The Balaban J connectivity index is 1.58. The van der Waals surface area contributed by atoms with Crippen molar-refractivity contribution in [3.05, 3.63) is 78.5 Å². The third-order valence-corrected chi connectivity index (χ3v) is 7.32. The van der Waals surface area contributed by atoms with E-state index >= 15 is 0 Å². The number of methoxy groups -OCH3 is 1. The number of amides is 1. The molecule has 5 heterocycles. The van der Waals surface area contributed by atoms with Gasteiger partial charge in [0.2, 0.25) is 5.88 Å². The molecule has 5 aromatic rings. The highest BCUT2D eigenvalue weighted by Crippen LogP contribution is 2.33. The fraction of sp³-hybridized carbons (Fsp3) is 0.0800. The number of H-pyrrole nitrogens is 1. The predicted octanol–water partition coefficient (Wildman–Crippen LogP) is 3.13. The van der Waals surface area contributed by atoms with Crippen molar-refractivity contribution in [2.75, 3.05) is 11.8 Å². The molecule has 0 saturated carbocycles. The first-order valence-corrected chi connectivity index (χ1v) is 12.6. The standard InChI is InChI=1S/C25H19N7O4S/c1-36-25-21-7-16(12-28-25)20-8-19-22(29-13-30-23(19)31-20)17-5-14(9-26-11-17)10-27-24(33)15-3-2-4-18(6-15)37(34,35)32-21/h2-9,11-13,32H,10H2,1H3,(H,27,33)(H,29,30,31). The summed E-state index contributed by atoms with van der Waals surface area (Å²) in [6.45, 7) is 0.189. The Bertz CT molecular complexity index is 1800. The number of aromatic amines is 1. The van der Waals surface area contributed by atoms with Crippen LogP contribution in [-0.4, -0.2) is 46.4 Å². The van der Waals surface area contributed by atoms with E-state index in [-0.39, 0.29) is 28.6 Å². The van der Waals surface area contributed by atoms with Crippen LogP contribution in [-0.2, 0) is 16.6 Å². The van der Waals surface area contributed by atoms with E-state index in [1.165, 1.54) is 31.6 Å². The van der Waals surface area contributed by atoms with Gasteiger partial charge in [0.1, 0.15) is 17.7 Å². The van der Waals surface area contributed by atoms with Crippen molar-refractivity contribution in [1.82, 2.24) is 30.2 Å². The van der Waals surface area contributed by atoms with Gasteiger partial charge in [0.15, 0.2) is 0 Å². The summed E-state index contributed by atoms with van der Waals surface area (Å²) in [6, 6.07) is 11.2. The lowest BCUT2D eigenvalue weighted by Crippen LogP contribution is -2.23. The topological polar surface area (TPSA) is 152 Å². The van der Waals surface area contributed by atoms with Crippen LogP contribution in [0.3, 0.4) is 0 Å². The summed E-state index contributed by atoms with van der Waals surface area (Å²) in [7, 11) is -2.68.